The van der Waals surface area contributed by atoms with Crippen molar-refractivity contribution in [1.82, 2.24) is 10.2 Å². The molecule has 1 aliphatic heterocycles. The van der Waals surface area contributed by atoms with Crippen molar-refractivity contribution in [2.75, 3.05) is 6.54 Å². The van der Waals surface area contributed by atoms with E-state index < -0.39 is 17.7 Å². The number of alkyl carbamates (subject to hydrolysis) is 1. The van der Waals surface area contributed by atoms with Gasteiger partial charge in [-0.15, -0.1) is 0 Å². The molecule has 0 spiro atoms. The third-order valence-electron chi connectivity index (χ3n) is 4.90. The van der Waals surface area contributed by atoms with E-state index in [1.165, 1.54) is 6.42 Å². The number of rotatable bonds is 3. The van der Waals surface area contributed by atoms with Crippen LogP contribution in [0.5, 0.6) is 0 Å². The summed E-state index contributed by atoms with van der Waals surface area (Å²) in [5.74, 6) is 0.310. The third-order valence-corrected chi connectivity index (χ3v) is 4.90. The number of ether oxygens (including phenoxy) is 1. The maximum Gasteiger partial charge on any atom is 0.408 e. The van der Waals surface area contributed by atoms with Crippen LogP contribution in [0.4, 0.5) is 4.79 Å². The van der Waals surface area contributed by atoms with Crippen molar-refractivity contribution in [2.45, 2.75) is 90.3 Å². The van der Waals surface area contributed by atoms with Crippen molar-refractivity contribution in [2.24, 2.45) is 5.92 Å². The topological polar surface area (TPSA) is 58.6 Å². The lowest BCUT2D eigenvalue weighted by atomic mass is 9.83. The van der Waals surface area contributed by atoms with Crippen LogP contribution in [-0.2, 0) is 9.53 Å². The van der Waals surface area contributed by atoms with Gasteiger partial charge in [-0.05, 0) is 59.3 Å². The van der Waals surface area contributed by atoms with Crippen LogP contribution in [0.2, 0.25) is 0 Å². The zero-order valence-corrected chi connectivity index (χ0v) is 15.1. The van der Waals surface area contributed by atoms with Crippen molar-refractivity contribution in [3.63, 3.8) is 0 Å². The molecule has 0 aromatic heterocycles. The Balaban J connectivity index is 2.07. The van der Waals surface area contributed by atoms with E-state index in [2.05, 4.69) is 12.2 Å². The summed E-state index contributed by atoms with van der Waals surface area (Å²) >= 11 is 0. The second-order valence-corrected chi connectivity index (χ2v) is 8.04. The van der Waals surface area contributed by atoms with E-state index >= 15 is 0 Å². The highest BCUT2D eigenvalue weighted by Crippen LogP contribution is 2.29. The highest BCUT2D eigenvalue weighted by atomic mass is 16.6. The van der Waals surface area contributed by atoms with Crippen molar-refractivity contribution < 1.29 is 14.3 Å². The lowest BCUT2D eigenvalue weighted by Crippen LogP contribution is -2.54. The fourth-order valence-corrected chi connectivity index (χ4v) is 3.72. The number of carbonyl (C=O) groups is 2. The van der Waals surface area contributed by atoms with Gasteiger partial charge in [0.15, 0.2) is 0 Å². The number of nitrogens with one attached hydrogen (secondary N) is 1. The summed E-state index contributed by atoms with van der Waals surface area (Å²) in [6.07, 6.45) is 7.15. The normalized spacial score (nSPS) is 24.3. The maximum atomic E-state index is 13.0. The van der Waals surface area contributed by atoms with Gasteiger partial charge in [-0.25, -0.2) is 4.79 Å². The molecule has 0 aromatic rings. The Morgan fingerprint density at radius 2 is 1.74 bits per heavy atom. The van der Waals surface area contributed by atoms with Gasteiger partial charge in [0.2, 0.25) is 5.91 Å². The first-order valence-electron chi connectivity index (χ1n) is 9.08. The molecule has 1 N–H and O–H groups in total. The molecule has 2 aliphatic rings. The molecule has 5 heteroatoms. The number of likely N-dealkylation sites (tertiary alicyclic amines) is 1. The lowest BCUT2D eigenvalue weighted by Gasteiger charge is -2.34. The smallest absolute Gasteiger partial charge is 0.408 e. The molecule has 2 atom stereocenters. The predicted molar refractivity (Wildman–Crippen MR) is 90.1 cm³/mol. The van der Waals surface area contributed by atoms with Crippen LogP contribution in [0.1, 0.15) is 72.6 Å². The average Bonchev–Trinajstić information content (AvgIpc) is 2.89. The number of hydrogen-bond acceptors (Lipinski definition) is 3. The van der Waals surface area contributed by atoms with E-state index in [4.69, 9.17) is 4.74 Å². The zero-order chi connectivity index (χ0) is 17.0. The Morgan fingerprint density at radius 1 is 1.09 bits per heavy atom. The Morgan fingerprint density at radius 3 is 2.26 bits per heavy atom. The van der Waals surface area contributed by atoms with E-state index in [0.29, 0.717) is 0 Å². The molecule has 2 rings (SSSR count). The van der Waals surface area contributed by atoms with Crippen LogP contribution >= 0.6 is 0 Å². The SMILES string of the molecule is CC1CCCN1C(=O)C(NC(=O)OC(C)(C)C)C1CCCCC1. The Kier molecular flexibility index (Phi) is 5.93. The maximum absolute atomic E-state index is 13.0. The van der Waals surface area contributed by atoms with Crippen molar-refractivity contribution in [3.8, 4) is 0 Å². The zero-order valence-electron chi connectivity index (χ0n) is 15.1. The van der Waals surface area contributed by atoms with Gasteiger partial charge in [-0.1, -0.05) is 19.3 Å². The van der Waals surface area contributed by atoms with Crippen LogP contribution in [0.25, 0.3) is 0 Å². The van der Waals surface area contributed by atoms with Gasteiger partial charge in [-0.3, -0.25) is 4.79 Å². The van der Waals surface area contributed by atoms with E-state index in [1.54, 1.807) is 0 Å². The fraction of sp³-hybridized carbons (Fsp3) is 0.889. The first kappa shape index (κ1) is 18.1. The van der Waals surface area contributed by atoms with Crippen LogP contribution in [0, 0.1) is 5.92 Å². The molecular formula is C18H32N2O3. The van der Waals surface area contributed by atoms with Crippen molar-refractivity contribution in [3.05, 3.63) is 0 Å². The van der Waals surface area contributed by atoms with E-state index in [-0.39, 0.29) is 17.9 Å². The molecule has 5 nitrogen and oxygen atoms in total. The highest BCUT2D eigenvalue weighted by molar-refractivity contribution is 5.86. The van der Waals surface area contributed by atoms with Gasteiger partial charge in [0.25, 0.3) is 0 Å². The average molecular weight is 324 g/mol. The molecule has 132 valence electrons. The van der Waals surface area contributed by atoms with E-state index in [0.717, 1.165) is 45.1 Å². The summed E-state index contributed by atoms with van der Waals surface area (Å²) in [6.45, 7) is 8.42. The number of carbonyl (C=O) groups excluding carboxylic acids is 2. The third kappa shape index (κ3) is 5.11. The minimum atomic E-state index is -0.550. The van der Waals surface area contributed by atoms with E-state index in [9.17, 15) is 9.59 Å². The minimum Gasteiger partial charge on any atom is -0.444 e. The van der Waals surface area contributed by atoms with Gasteiger partial charge in [0, 0.05) is 12.6 Å². The first-order valence-corrected chi connectivity index (χ1v) is 9.08. The highest BCUT2D eigenvalue weighted by Gasteiger charge is 2.37. The quantitative estimate of drug-likeness (QED) is 0.865. The molecule has 1 heterocycles. The molecule has 1 saturated heterocycles. The van der Waals surface area contributed by atoms with Crippen molar-refractivity contribution in [1.29, 1.82) is 0 Å². The number of nitrogens with zero attached hydrogens (tertiary/aromatic N) is 1. The summed E-state index contributed by atoms with van der Waals surface area (Å²) in [4.78, 5) is 27.2. The first-order chi connectivity index (χ1) is 10.8. The molecule has 2 unspecified atom stereocenters. The van der Waals surface area contributed by atoms with Crippen LogP contribution in [-0.4, -0.2) is 41.1 Å². The van der Waals surface area contributed by atoms with Crippen LogP contribution < -0.4 is 5.32 Å². The van der Waals surface area contributed by atoms with Gasteiger partial charge < -0.3 is 15.0 Å². The van der Waals surface area contributed by atoms with Crippen LogP contribution in [0.3, 0.4) is 0 Å². The van der Waals surface area contributed by atoms with Gasteiger partial charge >= 0.3 is 6.09 Å². The molecular weight excluding hydrogens is 292 g/mol. The second kappa shape index (κ2) is 7.54. The minimum absolute atomic E-state index is 0.0766. The largest absolute Gasteiger partial charge is 0.444 e. The molecule has 0 bridgehead atoms. The summed E-state index contributed by atoms with van der Waals surface area (Å²) in [5.41, 5.74) is -0.550. The standard InChI is InChI=1S/C18H32N2O3/c1-13-9-8-12-20(13)16(21)15(14-10-6-5-7-11-14)19-17(22)23-18(2,3)4/h13-15H,5-12H2,1-4H3,(H,19,22). The Bertz CT molecular complexity index is 424. The number of hydrogen-bond donors (Lipinski definition) is 1. The van der Waals surface area contributed by atoms with Gasteiger partial charge in [-0.2, -0.15) is 0 Å². The molecule has 23 heavy (non-hydrogen) atoms. The molecule has 1 saturated carbocycles. The second-order valence-electron chi connectivity index (χ2n) is 8.04. The molecule has 0 radical (unpaired) electrons. The summed E-state index contributed by atoms with van der Waals surface area (Å²) in [6, 6.07) is -0.167. The Labute approximate surface area is 140 Å². The lowest BCUT2D eigenvalue weighted by molar-refractivity contribution is -0.135. The monoisotopic (exact) mass is 324 g/mol. The van der Waals surface area contributed by atoms with Crippen molar-refractivity contribution >= 4 is 12.0 Å². The summed E-state index contributed by atoms with van der Waals surface area (Å²) in [7, 11) is 0. The van der Waals surface area contributed by atoms with Gasteiger partial charge in [0.05, 0.1) is 0 Å². The molecule has 1 aliphatic carbocycles. The van der Waals surface area contributed by atoms with Crippen LogP contribution in [0.15, 0.2) is 0 Å². The fourth-order valence-electron chi connectivity index (χ4n) is 3.72. The Hall–Kier alpha value is -1.26. The van der Waals surface area contributed by atoms with E-state index in [1.807, 2.05) is 25.7 Å². The molecule has 0 aromatic carbocycles. The summed E-state index contributed by atoms with van der Waals surface area (Å²) in [5, 5.41) is 2.89. The predicted octanol–water partition coefficient (Wildman–Crippen LogP) is 3.47. The van der Waals surface area contributed by atoms with Gasteiger partial charge in [0.1, 0.15) is 11.6 Å². The molecule has 2 fully saturated rings. The number of amides is 2. The molecule has 2 amide bonds. The summed E-state index contributed by atoms with van der Waals surface area (Å²) < 4.78 is 5.38.